The van der Waals surface area contributed by atoms with Crippen LogP contribution in [0.25, 0.3) is 0 Å². The van der Waals surface area contributed by atoms with Crippen molar-refractivity contribution < 1.29 is 19.1 Å². The predicted octanol–water partition coefficient (Wildman–Crippen LogP) is 1.58. The molecule has 5 heteroatoms. The van der Waals surface area contributed by atoms with Gasteiger partial charge in [-0.2, -0.15) is 0 Å². The lowest BCUT2D eigenvalue weighted by molar-refractivity contribution is -0.142. The third-order valence-electron chi connectivity index (χ3n) is 3.08. The average Bonchev–Trinajstić information content (AvgIpc) is 2.99. The molecular formula is C13H17NO4. The molecule has 1 heterocycles. The van der Waals surface area contributed by atoms with Gasteiger partial charge >= 0.3 is 5.97 Å². The van der Waals surface area contributed by atoms with Crippen molar-refractivity contribution in [1.82, 2.24) is 5.32 Å². The molecule has 1 amide bonds. The van der Waals surface area contributed by atoms with Gasteiger partial charge in [-0.25, -0.2) is 4.79 Å². The highest BCUT2D eigenvalue weighted by atomic mass is 16.4. The minimum absolute atomic E-state index is 0.237. The lowest BCUT2D eigenvalue weighted by atomic mass is 10.1. The van der Waals surface area contributed by atoms with Gasteiger partial charge < -0.3 is 14.8 Å². The SMILES string of the molecule is O=C(CCc1ccco1)NC(CC1CC1)C(=O)O. The van der Waals surface area contributed by atoms with Gasteiger partial charge in [-0.05, 0) is 24.5 Å². The maximum Gasteiger partial charge on any atom is 0.326 e. The number of amides is 1. The van der Waals surface area contributed by atoms with E-state index in [1.807, 2.05) is 0 Å². The standard InChI is InChI=1S/C13H17NO4/c15-12(6-5-10-2-1-7-18-10)14-11(13(16)17)8-9-3-4-9/h1-2,7,9,11H,3-6,8H2,(H,14,15)(H,16,17). The molecule has 1 aromatic rings. The van der Waals surface area contributed by atoms with E-state index in [1.165, 1.54) is 0 Å². The molecule has 1 aliphatic carbocycles. The molecule has 1 saturated carbocycles. The molecular weight excluding hydrogens is 234 g/mol. The molecule has 0 saturated heterocycles. The van der Waals surface area contributed by atoms with E-state index in [1.54, 1.807) is 18.4 Å². The van der Waals surface area contributed by atoms with Crippen molar-refractivity contribution in [3.8, 4) is 0 Å². The zero-order valence-electron chi connectivity index (χ0n) is 10.1. The molecule has 0 aromatic carbocycles. The van der Waals surface area contributed by atoms with Crippen LogP contribution < -0.4 is 5.32 Å². The fourth-order valence-corrected chi connectivity index (χ4v) is 1.87. The first-order valence-corrected chi connectivity index (χ1v) is 6.19. The van der Waals surface area contributed by atoms with Crippen LogP contribution in [-0.4, -0.2) is 23.0 Å². The summed E-state index contributed by atoms with van der Waals surface area (Å²) >= 11 is 0. The minimum atomic E-state index is -0.951. The van der Waals surface area contributed by atoms with Crippen molar-refractivity contribution in [2.45, 2.75) is 38.1 Å². The Balaban J connectivity index is 1.75. The Morgan fingerprint density at radius 3 is 2.83 bits per heavy atom. The van der Waals surface area contributed by atoms with Crippen molar-refractivity contribution in [1.29, 1.82) is 0 Å². The molecule has 0 bridgehead atoms. The lowest BCUT2D eigenvalue weighted by Crippen LogP contribution is -2.41. The van der Waals surface area contributed by atoms with Gasteiger partial charge in [0.05, 0.1) is 6.26 Å². The third-order valence-corrected chi connectivity index (χ3v) is 3.08. The predicted molar refractivity (Wildman–Crippen MR) is 63.9 cm³/mol. The second kappa shape index (κ2) is 5.71. The molecule has 1 aliphatic rings. The van der Waals surface area contributed by atoms with Crippen LogP contribution in [0, 0.1) is 5.92 Å². The minimum Gasteiger partial charge on any atom is -0.480 e. The maximum atomic E-state index is 11.6. The van der Waals surface area contributed by atoms with Gasteiger partial charge in [-0.15, -0.1) is 0 Å². The molecule has 1 fully saturated rings. The number of carbonyl (C=O) groups excluding carboxylic acids is 1. The quantitative estimate of drug-likeness (QED) is 0.771. The van der Waals surface area contributed by atoms with E-state index in [-0.39, 0.29) is 12.3 Å². The van der Waals surface area contributed by atoms with Crippen LogP contribution in [0.1, 0.15) is 31.4 Å². The number of rotatable bonds is 7. The van der Waals surface area contributed by atoms with Crippen molar-refractivity contribution in [3.05, 3.63) is 24.2 Å². The fourth-order valence-electron chi connectivity index (χ4n) is 1.87. The summed E-state index contributed by atoms with van der Waals surface area (Å²) in [7, 11) is 0. The second-order valence-corrected chi connectivity index (χ2v) is 4.72. The maximum absolute atomic E-state index is 11.6. The van der Waals surface area contributed by atoms with Crippen LogP contribution in [0.3, 0.4) is 0 Å². The van der Waals surface area contributed by atoms with E-state index in [0.29, 0.717) is 18.8 Å². The van der Waals surface area contributed by atoms with Gasteiger partial charge in [0, 0.05) is 12.8 Å². The number of nitrogens with one attached hydrogen (secondary N) is 1. The number of carboxylic acids is 1. The Bertz CT molecular complexity index is 409. The van der Waals surface area contributed by atoms with Crippen LogP contribution in [0.4, 0.5) is 0 Å². The molecule has 1 aromatic heterocycles. The first-order valence-electron chi connectivity index (χ1n) is 6.19. The zero-order valence-corrected chi connectivity index (χ0v) is 10.1. The molecule has 1 unspecified atom stereocenters. The Morgan fingerprint density at radius 1 is 1.50 bits per heavy atom. The van der Waals surface area contributed by atoms with Crippen molar-refractivity contribution in [2.24, 2.45) is 5.92 Å². The topological polar surface area (TPSA) is 79.5 Å². The van der Waals surface area contributed by atoms with E-state index >= 15 is 0 Å². The van der Waals surface area contributed by atoms with Crippen LogP contribution in [0.5, 0.6) is 0 Å². The highest BCUT2D eigenvalue weighted by Crippen LogP contribution is 2.33. The van der Waals surface area contributed by atoms with Crippen LogP contribution in [0.2, 0.25) is 0 Å². The summed E-state index contributed by atoms with van der Waals surface area (Å²) in [6.07, 6.45) is 5.00. The number of hydrogen-bond donors (Lipinski definition) is 2. The molecule has 18 heavy (non-hydrogen) atoms. The summed E-state index contributed by atoms with van der Waals surface area (Å²) in [5.41, 5.74) is 0. The Hall–Kier alpha value is -1.78. The van der Waals surface area contributed by atoms with Gasteiger partial charge in [-0.1, -0.05) is 12.8 Å². The first kappa shape index (κ1) is 12.7. The third kappa shape index (κ3) is 3.91. The second-order valence-electron chi connectivity index (χ2n) is 4.72. The lowest BCUT2D eigenvalue weighted by Gasteiger charge is -2.13. The normalized spacial score (nSPS) is 16.2. The van der Waals surface area contributed by atoms with E-state index < -0.39 is 12.0 Å². The van der Waals surface area contributed by atoms with E-state index in [4.69, 9.17) is 9.52 Å². The largest absolute Gasteiger partial charge is 0.480 e. The summed E-state index contributed by atoms with van der Waals surface area (Å²) in [4.78, 5) is 22.6. The van der Waals surface area contributed by atoms with E-state index in [2.05, 4.69) is 5.32 Å². The van der Waals surface area contributed by atoms with Crippen molar-refractivity contribution >= 4 is 11.9 Å². The summed E-state index contributed by atoms with van der Waals surface area (Å²) in [6, 6.07) is 2.81. The van der Waals surface area contributed by atoms with Gasteiger partial charge in [0.2, 0.25) is 5.91 Å². The molecule has 2 rings (SSSR count). The zero-order chi connectivity index (χ0) is 13.0. The number of aliphatic carboxylic acids is 1. The Kier molecular flexibility index (Phi) is 4.02. The number of furan rings is 1. The monoisotopic (exact) mass is 251 g/mol. The summed E-state index contributed by atoms with van der Waals surface area (Å²) < 4.78 is 5.11. The van der Waals surface area contributed by atoms with Gasteiger partial charge in [-0.3, -0.25) is 4.79 Å². The first-order chi connectivity index (χ1) is 8.65. The van der Waals surface area contributed by atoms with Crippen molar-refractivity contribution in [3.63, 3.8) is 0 Å². The van der Waals surface area contributed by atoms with Crippen LogP contribution in [-0.2, 0) is 16.0 Å². The summed E-state index contributed by atoms with van der Waals surface area (Å²) in [5, 5.41) is 11.6. The summed E-state index contributed by atoms with van der Waals surface area (Å²) in [5.74, 6) is 0.0170. The summed E-state index contributed by atoms with van der Waals surface area (Å²) in [6.45, 7) is 0. The molecule has 98 valence electrons. The molecule has 0 radical (unpaired) electrons. The number of aryl methyl sites for hydroxylation is 1. The number of hydrogen-bond acceptors (Lipinski definition) is 3. The Labute approximate surface area is 105 Å². The smallest absolute Gasteiger partial charge is 0.326 e. The number of carboxylic acid groups (broad SMARTS) is 1. The van der Waals surface area contributed by atoms with Gasteiger partial charge in [0.15, 0.2) is 0 Å². The highest BCUT2D eigenvalue weighted by molar-refractivity contribution is 5.83. The van der Waals surface area contributed by atoms with Crippen molar-refractivity contribution in [2.75, 3.05) is 0 Å². The molecule has 0 aliphatic heterocycles. The molecule has 2 N–H and O–H groups in total. The Morgan fingerprint density at radius 2 is 2.28 bits per heavy atom. The van der Waals surface area contributed by atoms with E-state index in [9.17, 15) is 9.59 Å². The van der Waals surface area contributed by atoms with Gasteiger partial charge in [0.25, 0.3) is 0 Å². The molecule has 5 nitrogen and oxygen atoms in total. The van der Waals surface area contributed by atoms with E-state index in [0.717, 1.165) is 18.6 Å². The molecule has 1 atom stereocenters. The highest BCUT2D eigenvalue weighted by Gasteiger charge is 2.30. The molecule has 0 spiro atoms. The van der Waals surface area contributed by atoms with Crippen LogP contribution >= 0.6 is 0 Å². The fraction of sp³-hybridized carbons (Fsp3) is 0.538. The average molecular weight is 251 g/mol. The van der Waals surface area contributed by atoms with Crippen LogP contribution in [0.15, 0.2) is 22.8 Å². The number of carbonyl (C=O) groups is 2. The van der Waals surface area contributed by atoms with Gasteiger partial charge in [0.1, 0.15) is 11.8 Å².